The van der Waals surface area contributed by atoms with Crippen molar-refractivity contribution < 1.29 is 18.7 Å². The van der Waals surface area contributed by atoms with Crippen molar-refractivity contribution in [1.82, 2.24) is 0 Å². The van der Waals surface area contributed by atoms with Gasteiger partial charge in [0.25, 0.3) is 0 Å². The van der Waals surface area contributed by atoms with Gasteiger partial charge in [-0.15, -0.1) is 0 Å². The average molecular weight is 279 g/mol. The molecule has 0 spiro atoms. The number of ketones is 1. The second-order valence-electron chi connectivity index (χ2n) is 4.99. The van der Waals surface area contributed by atoms with Crippen LogP contribution in [0, 0.1) is 5.82 Å². The van der Waals surface area contributed by atoms with Crippen LogP contribution in [0.5, 0.6) is 0 Å². The molecule has 1 heterocycles. The number of carbonyl (C=O) groups is 2. The van der Waals surface area contributed by atoms with Crippen molar-refractivity contribution in [2.75, 3.05) is 11.9 Å². The number of rotatable bonds is 4. The summed E-state index contributed by atoms with van der Waals surface area (Å²) in [6.07, 6.45) is 3.08. The van der Waals surface area contributed by atoms with Gasteiger partial charge in [0.2, 0.25) is 5.91 Å². The van der Waals surface area contributed by atoms with E-state index in [9.17, 15) is 14.0 Å². The molecule has 1 amide bonds. The number of anilines is 1. The van der Waals surface area contributed by atoms with Crippen LogP contribution in [0.15, 0.2) is 18.2 Å². The highest BCUT2D eigenvalue weighted by Gasteiger charge is 2.19. The maximum absolute atomic E-state index is 13.2. The minimum atomic E-state index is -0.487. The smallest absolute Gasteiger partial charge is 0.227 e. The second kappa shape index (κ2) is 6.61. The molecule has 1 fully saturated rings. The van der Waals surface area contributed by atoms with Gasteiger partial charge in [0, 0.05) is 12.2 Å². The molecule has 4 nitrogen and oxygen atoms in total. The van der Waals surface area contributed by atoms with Gasteiger partial charge in [-0.05, 0) is 44.4 Å². The summed E-state index contributed by atoms with van der Waals surface area (Å²) in [4.78, 5) is 23.4. The summed E-state index contributed by atoms with van der Waals surface area (Å²) in [5.41, 5.74) is 0.530. The highest BCUT2D eigenvalue weighted by Crippen LogP contribution is 2.20. The molecule has 0 bridgehead atoms. The zero-order valence-corrected chi connectivity index (χ0v) is 11.4. The highest BCUT2D eigenvalue weighted by molar-refractivity contribution is 6.03. The number of nitrogens with one attached hydrogen (secondary N) is 1. The molecule has 108 valence electrons. The first kappa shape index (κ1) is 14.7. The van der Waals surface area contributed by atoms with Gasteiger partial charge in [-0.2, -0.15) is 0 Å². The Morgan fingerprint density at radius 1 is 1.40 bits per heavy atom. The van der Waals surface area contributed by atoms with E-state index < -0.39 is 5.82 Å². The first-order valence-corrected chi connectivity index (χ1v) is 6.78. The Labute approximate surface area is 117 Å². The molecule has 0 aliphatic carbocycles. The monoisotopic (exact) mass is 279 g/mol. The topological polar surface area (TPSA) is 55.4 Å². The van der Waals surface area contributed by atoms with E-state index in [1.54, 1.807) is 0 Å². The lowest BCUT2D eigenvalue weighted by atomic mass is 10.1. The predicted octanol–water partition coefficient (Wildman–Crippen LogP) is 2.93. The summed E-state index contributed by atoms with van der Waals surface area (Å²) in [6.45, 7) is 2.06. The molecule has 0 saturated carbocycles. The minimum absolute atomic E-state index is 0.0851. The SMILES string of the molecule is CC(=O)c1ccc(F)cc1NC(=O)CC1CCCCO1. The molecular formula is C15H18FNO3. The zero-order valence-electron chi connectivity index (χ0n) is 11.4. The van der Waals surface area contributed by atoms with E-state index in [0.717, 1.165) is 25.3 Å². The van der Waals surface area contributed by atoms with E-state index >= 15 is 0 Å². The van der Waals surface area contributed by atoms with Gasteiger partial charge in [-0.25, -0.2) is 4.39 Å². The molecule has 5 heteroatoms. The molecule has 0 radical (unpaired) electrons. The Morgan fingerprint density at radius 3 is 2.85 bits per heavy atom. The molecule has 1 aromatic rings. The van der Waals surface area contributed by atoms with Crippen LogP contribution in [-0.4, -0.2) is 24.4 Å². The third-order valence-corrected chi connectivity index (χ3v) is 3.32. The number of hydrogen-bond donors (Lipinski definition) is 1. The van der Waals surface area contributed by atoms with Crippen LogP contribution in [0.25, 0.3) is 0 Å². The van der Waals surface area contributed by atoms with E-state index in [1.165, 1.54) is 19.1 Å². The normalized spacial score (nSPS) is 18.6. The van der Waals surface area contributed by atoms with Crippen LogP contribution in [-0.2, 0) is 9.53 Å². The number of carbonyl (C=O) groups excluding carboxylic acids is 2. The number of ether oxygens (including phenoxy) is 1. The number of Topliss-reactive ketones (excluding diaryl/α,β-unsaturated/α-hetero) is 1. The van der Waals surface area contributed by atoms with E-state index in [2.05, 4.69) is 5.32 Å². The van der Waals surface area contributed by atoms with E-state index in [-0.39, 0.29) is 29.9 Å². The minimum Gasteiger partial charge on any atom is -0.378 e. The number of benzene rings is 1. The first-order chi connectivity index (χ1) is 9.56. The number of halogens is 1. The Hall–Kier alpha value is -1.75. The fourth-order valence-corrected chi connectivity index (χ4v) is 2.30. The second-order valence-corrected chi connectivity index (χ2v) is 4.99. The fraction of sp³-hybridized carbons (Fsp3) is 0.467. The summed E-state index contributed by atoms with van der Waals surface area (Å²) >= 11 is 0. The van der Waals surface area contributed by atoms with E-state index in [1.807, 2.05) is 0 Å². The molecule has 1 aliphatic rings. The zero-order chi connectivity index (χ0) is 14.5. The van der Waals surface area contributed by atoms with E-state index in [0.29, 0.717) is 12.2 Å². The molecule has 1 aromatic carbocycles. The van der Waals surface area contributed by atoms with Gasteiger partial charge in [0.05, 0.1) is 18.2 Å². The Morgan fingerprint density at radius 2 is 2.20 bits per heavy atom. The summed E-state index contributed by atoms with van der Waals surface area (Å²) in [7, 11) is 0. The van der Waals surface area contributed by atoms with Gasteiger partial charge >= 0.3 is 0 Å². The molecule has 1 aliphatic heterocycles. The van der Waals surface area contributed by atoms with Gasteiger partial charge in [0.15, 0.2) is 5.78 Å². The third-order valence-electron chi connectivity index (χ3n) is 3.32. The molecule has 20 heavy (non-hydrogen) atoms. The van der Waals surface area contributed by atoms with Crippen molar-refractivity contribution in [3.8, 4) is 0 Å². The number of hydrogen-bond acceptors (Lipinski definition) is 3. The maximum atomic E-state index is 13.2. The molecule has 1 unspecified atom stereocenters. The van der Waals surface area contributed by atoms with Crippen molar-refractivity contribution in [2.45, 2.75) is 38.7 Å². The summed E-state index contributed by atoms with van der Waals surface area (Å²) < 4.78 is 18.7. The Bertz CT molecular complexity index is 510. The van der Waals surface area contributed by atoms with Crippen molar-refractivity contribution in [3.05, 3.63) is 29.6 Å². The highest BCUT2D eigenvalue weighted by atomic mass is 19.1. The molecule has 1 N–H and O–H groups in total. The maximum Gasteiger partial charge on any atom is 0.227 e. The quantitative estimate of drug-likeness (QED) is 0.862. The Balaban J connectivity index is 2.03. The van der Waals surface area contributed by atoms with Crippen molar-refractivity contribution in [2.24, 2.45) is 0 Å². The largest absolute Gasteiger partial charge is 0.378 e. The van der Waals surface area contributed by atoms with Gasteiger partial charge in [-0.1, -0.05) is 0 Å². The lowest BCUT2D eigenvalue weighted by molar-refractivity contribution is -0.119. The average Bonchev–Trinajstić information content (AvgIpc) is 2.39. The lowest BCUT2D eigenvalue weighted by Gasteiger charge is -2.22. The van der Waals surface area contributed by atoms with Gasteiger partial charge < -0.3 is 10.1 Å². The molecular weight excluding hydrogens is 261 g/mol. The standard InChI is InChI=1S/C15H18FNO3/c1-10(18)13-6-5-11(16)8-14(13)17-15(19)9-12-4-2-3-7-20-12/h5-6,8,12H,2-4,7,9H2,1H3,(H,17,19). The number of amides is 1. The van der Waals surface area contributed by atoms with Crippen LogP contribution in [0.2, 0.25) is 0 Å². The molecule has 2 rings (SSSR count). The summed E-state index contributed by atoms with van der Waals surface area (Å²) in [5.74, 6) is -0.960. The lowest BCUT2D eigenvalue weighted by Crippen LogP contribution is -2.26. The summed E-state index contributed by atoms with van der Waals surface area (Å²) in [6, 6.07) is 3.75. The summed E-state index contributed by atoms with van der Waals surface area (Å²) in [5, 5.41) is 2.60. The van der Waals surface area contributed by atoms with Crippen LogP contribution in [0.3, 0.4) is 0 Å². The van der Waals surface area contributed by atoms with Crippen molar-refractivity contribution in [1.29, 1.82) is 0 Å². The van der Waals surface area contributed by atoms with Crippen LogP contribution in [0.4, 0.5) is 10.1 Å². The molecule has 1 atom stereocenters. The predicted molar refractivity (Wildman–Crippen MR) is 73.2 cm³/mol. The molecule has 1 saturated heterocycles. The van der Waals surface area contributed by atoms with Crippen LogP contribution < -0.4 is 5.32 Å². The van der Waals surface area contributed by atoms with Gasteiger partial charge in [0.1, 0.15) is 5.82 Å². The first-order valence-electron chi connectivity index (χ1n) is 6.78. The van der Waals surface area contributed by atoms with Crippen molar-refractivity contribution in [3.63, 3.8) is 0 Å². The fourth-order valence-electron chi connectivity index (χ4n) is 2.30. The Kier molecular flexibility index (Phi) is 4.84. The van der Waals surface area contributed by atoms with E-state index in [4.69, 9.17) is 4.74 Å². The van der Waals surface area contributed by atoms with Crippen molar-refractivity contribution >= 4 is 17.4 Å². The van der Waals surface area contributed by atoms with Gasteiger partial charge in [-0.3, -0.25) is 9.59 Å². The third kappa shape index (κ3) is 3.87. The van der Waals surface area contributed by atoms with Crippen LogP contribution >= 0.6 is 0 Å². The molecule has 0 aromatic heterocycles. The van der Waals surface area contributed by atoms with Crippen LogP contribution in [0.1, 0.15) is 43.0 Å².